The highest BCUT2D eigenvalue weighted by Crippen LogP contribution is 2.25. The van der Waals surface area contributed by atoms with E-state index in [9.17, 15) is 9.90 Å². The quantitative estimate of drug-likeness (QED) is 0.554. The van der Waals surface area contributed by atoms with Gasteiger partial charge in [0, 0.05) is 11.9 Å². The van der Waals surface area contributed by atoms with Gasteiger partial charge >= 0.3 is 5.97 Å². The van der Waals surface area contributed by atoms with Crippen molar-refractivity contribution in [3.8, 4) is 5.75 Å². The van der Waals surface area contributed by atoms with E-state index in [0.717, 1.165) is 29.5 Å². The summed E-state index contributed by atoms with van der Waals surface area (Å²) in [6.45, 7) is 3.26. The average molecular weight is 349 g/mol. The number of rotatable bonds is 8. The molecule has 0 heterocycles. The van der Waals surface area contributed by atoms with E-state index in [1.165, 1.54) is 5.39 Å². The molecule has 0 aliphatic heterocycles. The Labute approximate surface area is 153 Å². The number of fused-ring (bicyclic) bond motifs is 1. The fraction of sp³-hybridized carbons (Fsp3) is 0.227. The van der Waals surface area contributed by atoms with Crippen LogP contribution in [-0.2, 0) is 0 Å². The van der Waals surface area contributed by atoms with Crippen molar-refractivity contribution in [2.24, 2.45) is 0 Å². The number of para-hydroxylation sites is 1. The van der Waals surface area contributed by atoms with Crippen LogP contribution in [-0.4, -0.2) is 24.2 Å². The first-order chi connectivity index (χ1) is 12.7. The topological polar surface area (TPSA) is 58.6 Å². The predicted molar refractivity (Wildman–Crippen MR) is 105 cm³/mol. The first kappa shape index (κ1) is 17.8. The summed E-state index contributed by atoms with van der Waals surface area (Å²) in [5.74, 6) is -0.00128. The molecule has 0 aromatic heterocycles. The molecule has 0 atom stereocenters. The number of anilines is 1. The third-order valence-corrected chi connectivity index (χ3v) is 4.38. The van der Waals surface area contributed by atoms with Crippen LogP contribution < -0.4 is 10.1 Å². The van der Waals surface area contributed by atoms with Gasteiger partial charge in [0.1, 0.15) is 5.75 Å². The molecule has 0 amide bonds. The van der Waals surface area contributed by atoms with Gasteiger partial charge in [-0.15, -0.1) is 0 Å². The predicted octanol–water partition coefficient (Wildman–Crippen LogP) is 5.12. The van der Waals surface area contributed by atoms with Crippen LogP contribution in [0.2, 0.25) is 0 Å². The standard InChI is InChI=1S/C22H23NO3/c1-16-8-6-12-19(22(24)25)21(16)23-14-4-5-15-26-20-13-7-10-17-9-2-3-11-18(17)20/h2-3,6-13,23H,4-5,14-15H2,1H3,(H,24,25). The fourth-order valence-corrected chi connectivity index (χ4v) is 3.02. The van der Waals surface area contributed by atoms with Gasteiger partial charge in [0.25, 0.3) is 0 Å². The number of carboxylic acids is 1. The molecule has 0 aliphatic rings. The second kappa shape index (κ2) is 8.39. The highest BCUT2D eigenvalue weighted by atomic mass is 16.5. The number of nitrogens with one attached hydrogen (secondary N) is 1. The molecule has 0 saturated heterocycles. The Kier molecular flexibility index (Phi) is 5.74. The molecule has 2 N–H and O–H groups in total. The van der Waals surface area contributed by atoms with Gasteiger partial charge < -0.3 is 15.2 Å². The molecule has 3 aromatic rings. The van der Waals surface area contributed by atoms with Crippen molar-refractivity contribution < 1.29 is 14.6 Å². The average Bonchev–Trinajstić information content (AvgIpc) is 2.65. The smallest absolute Gasteiger partial charge is 0.337 e. The van der Waals surface area contributed by atoms with Crippen molar-refractivity contribution in [1.82, 2.24) is 0 Å². The summed E-state index contributed by atoms with van der Waals surface area (Å²) in [7, 11) is 0. The molecular formula is C22H23NO3. The minimum atomic E-state index is -0.907. The molecule has 4 nitrogen and oxygen atoms in total. The van der Waals surface area contributed by atoms with E-state index in [1.54, 1.807) is 12.1 Å². The maximum absolute atomic E-state index is 11.3. The lowest BCUT2D eigenvalue weighted by molar-refractivity contribution is 0.0698. The molecule has 0 radical (unpaired) electrons. The number of carboxylic acid groups (broad SMARTS) is 1. The SMILES string of the molecule is Cc1cccc(C(=O)O)c1NCCCCOc1cccc2ccccc12. The lowest BCUT2D eigenvalue weighted by Crippen LogP contribution is -2.10. The minimum Gasteiger partial charge on any atom is -0.493 e. The number of hydrogen-bond acceptors (Lipinski definition) is 3. The van der Waals surface area contributed by atoms with Crippen LogP contribution in [0.5, 0.6) is 5.75 Å². The van der Waals surface area contributed by atoms with Gasteiger partial charge in [-0.25, -0.2) is 4.79 Å². The molecule has 0 spiro atoms. The fourth-order valence-electron chi connectivity index (χ4n) is 3.02. The summed E-state index contributed by atoms with van der Waals surface area (Å²) in [5, 5.41) is 14.8. The first-order valence-electron chi connectivity index (χ1n) is 8.84. The van der Waals surface area contributed by atoms with Gasteiger partial charge in [0.05, 0.1) is 17.9 Å². The van der Waals surface area contributed by atoms with Gasteiger partial charge in [-0.1, -0.05) is 48.5 Å². The van der Waals surface area contributed by atoms with Crippen molar-refractivity contribution in [1.29, 1.82) is 0 Å². The number of ether oxygens (including phenoxy) is 1. The second-order valence-electron chi connectivity index (χ2n) is 6.26. The molecule has 0 unspecified atom stereocenters. The van der Waals surface area contributed by atoms with Gasteiger partial charge in [-0.3, -0.25) is 0 Å². The summed E-state index contributed by atoms with van der Waals surface area (Å²) in [4.78, 5) is 11.3. The van der Waals surface area contributed by atoms with Crippen LogP contribution in [0.4, 0.5) is 5.69 Å². The number of carbonyl (C=O) groups is 1. The molecule has 0 aliphatic carbocycles. The first-order valence-corrected chi connectivity index (χ1v) is 8.84. The number of benzene rings is 3. The maximum atomic E-state index is 11.3. The van der Waals surface area contributed by atoms with Crippen LogP contribution in [0.15, 0.2) is 60.7 Å². The van der Waals surface area contributed by atoms with Crippen molar-refractivity contribution in [3.63, 3.8) is 0 Å². The molecule has 3 aromatic carbocycles. The molecule has 134 valence electrons. The Hall–Kier alpha value is -3.01. The van der Waals surface area contributed by atoms with E-state index in [2.05, 4.69) is 23.5 Å². The van der Waals surface area contributed by atoms with Gasteiger partial charge in [-0.05, 0) is 42.8 Å². The molecule has 0 saturated carbocycles. The largest absolute Gasteiger partial charge is 0.493 e. The Morgan fingerprint density at radius 2 is 1.77 bits per heavy atom. The molecule has 26 heavy (non-hydrogen) atoms. The third kappa shape index (κ3) is 4.14. The molecule has 4 heteroatoms. The van der Waals surface area contributed by atoms with Crippen molar-refractivity contribution in [2.45, 2.75) is 19.8 Å². The van der Waals surface area contributed by atoms with Crippen LogP contribution in [0.1, 0.15) is 28.8 Å². The summed E-state index contributed by atoms with van der Waals surface area (Å²) < 4.78 is 5.94. The van der Waals surface area contributed by atoms with E-state index in [0.29, 0.717) is 24.4 Å². The normalized spacial score (nSPS) is 10.7. The van der Waals surface area contributed by atoms with Gasteiger partial charge in [-0.2, -0.15) is 0 Å². The Balaban J connectivity index is 1.49. The number of unbranched alkanes of at least 4 members (excludes halogenated alkanes) is 1. The lowest BCUT2D eigenvalue weighted by Gasteiger charge is -2.13. The zero-order valence-electron chi connectivity index (χ0n) is 14.9. The summed E-state index contributed by atoms with van der Waals surface area (Å²) >= 11 is 0. The Bertz CT molecular complexity index is 900. The van der Waals surface area contributed by atoms with E-state index < -0.39 is 5.97 Å². The van der Waals surface area contributed by atoms with Crippen molar-refractivity contribution >= 4 is 22.4 Å². The number of hydrogen-bond donors (Lipinski definition) is 2. The van der Waals surface area contributed by atoms with Gasteiger partial charge in [0.2, 0.25) is 0 Å². The lowest BCUT2D eigenvalue weighted by atomic mass is 10.1. The third-order valence-electron chi connectivity index (χ3n) is 4.38. The van der Waals surface area contributed by atoms with Crippen LogP contribution in [0, 0.1) is 6.92 Å². The van der Waals surface area contributed by atoms with E-state index in [4.69, 9.17) is 4.74 Å². The zero-order chi connectivity index (χ0) is 18.4. The van der Waals surface area contributed by atoms with E-state index >= 15 is 0 Å². The zero-order valence-corrected chi connectivity index (χ0v) is 14.9. The molecule has 3 rings (SSSR count). The van der Waals surface area contributed by atoms with Crippen LogP contribution >= 0.6 is 0 Å². The highest BCUT2D eigenvalue weighted by molar-refractivity contribution is 5.95. The summed E-state index contributed by atoms with van der Waals surface area (Å²) in [5.41, 5.74) is 1.96. The molecule has 0 bridgehead atoms. The minimum absolute atomic E-state index is 0.317. The summed E-state index contributed by atoms with van der Waals surface area (Å²) in [6, 6.07) is 19.6. The van der Waals surface area contributed by atoms with Crippen molar-refractivity contribution in [2.75, 3.05) is 18.5 Å². The Morgan fingerprint density at radius 3 is 2.62 bits per heavy atom. The Morgan fingerprint density at radius 1 is 1.00 bits per heavy atom. The molecule has 0 fully saturated rings. The highest BCUT2D eigenvalue weighted by Gasteiger charge is 2.11. The van der Waals surface area contributed by atoms with E-state index in [1.807, 2.05) is 37.3 Å². The van der Waals surface area contributed by atoms with E-state index in [-0.39, 0.29) is 0 Å². The van der Waals surface area contributed by atoms with Crippen molar-refractivity contribution in [3.05, 3.63) is 71.8 Å². The second-order valence-corrected chi connectivity index (χ2v) is 6.26. The monoisotopic (exact) mass is 349 g/mol. The summed E-state index contributed by atoms with van der Waals surface area (Å²) in [6.07, 6.45) is 1.79. The van der Waals surface area contributed by atoms with Crippen LogP contribution in [0.25, 0.3) is 10.8 Å². The van der Waals surface area contributed by atoms with Crippen LogP contribution in [0.3, 0.4) is 0 Å². The number of aromatic carboxylic acids is 1. The maximum Gasteiger partial charge on any atom is 0.337 e. The number of aryl methyl sites for hydroxylation is 1. The van der Waals surface area contributed by atoms with Gasteiger partial charge in [0.15, 0.2) is 0 Å². The molecular weight excluding hydrogens is 326 g/mol.